The number of hydrogen-bond donors (Lipinski definition) is 1. The Labute approximate surface area is 171 Å². The quantitative estimate of drug-likeness (QED) is 0.526. The number of nitro groups is 1. The Morgan fingerprint density at radius 2 is 2.00 bits per heavy atom. The molecule has 2 saturated heterocycles. The molecule has 9 nitrogen and oxygen atoms in total. The first kappa shape index (κ1) is 21.9. The molecule has 0 radical (unpaired) electrons. The summed E-state index contributed by atoms with van der Waals surface area (Å²) in [7, 11) is -3.88. The molecule has 2 heterocycles. The van der Waals surface area contributed by atoms with Crippen molar-refractivity contribution in [3.8, 4) is 0 Å². The third kappa shape index (κ3) is 5.44. The summed E-state index contributed by atoms with van der Waals surface area (Å²) in [4.78, 5) is 10.6. The number of hydrogen-bond acceptors (Lipinski definition) is 7. The van der Waals surface area contributed by atoms with Crippen molar-refractivity contribution >= 4 is 21.4 Å². The van der Waals surface area contributed by atoms with Gasteiger partial charge in [0.25, 0.3) is 5.69 Å². The van der Waals surface area contributed by atoms with E-state index in [1.54, 1.807) is 0 Å². The van der Waals surface area contributed by atoms with Crippen molar-refractivity contribution in [1.82, 2.24) is 4.31 Å². The Morgan fingerprint density at radius 3 is 2.66 bits per heavy atom. The fourth-order valence-electron chi connectivity index (χ4n) is 3.80. The van der Waals surface area contributed by atoms with Crippen LogP contribution in [0.4, 0.5) is 11.4 Å². The number of anilines is 1. The monoisotopic (exact) mass is 427 g/mol. The normalized spacial score (nSPS) is 23.8. The average Bonchev–Trinajstić information content (AvgIpc) is 2.68. The predicted octanol–water partition coefficient (Wildman–Crippen LogP) is 2.62. The zero-order valence-corrected chi connectivity index (χ0v) is 17.7. The van der Waals surface area contributed by atoms with E-state index in [1.165, 1.54) is 16.4 Å². The molecule has 0 amide bonds. The number of nitrogens with zero attached hydrogens (tertiary/aromatic N) is 2. The van der Waals surface area contributed by atoms with Crippen molar-refractivity contribution < 1.29 is 22.8 Å². The first-order valence-corrected chi connectivity index (χ1v) is 11.5. The van der Waals surface area contributed by atoms with E-state index >= 15 is 0 Å². The molecule has 10 heteroatoms. The molecule has 0 unspecified atom stereocenters. The van der Waals surface area contributed by atoms with Crippen LogP contribution in [0.3, 0.4) is 0 Å². The van der Waals surface area contributed by atoms with E-state index in [4.69, 9.17) is 9.47 Å². The van der Waals surface area contributed by atoms with Gasteiger partial charge in [-0.15, -0.1) is 0 Å². The first-order chi connectivity index (χ1) is 13.8. The van der Waals surface area contributed by atoms with Crippen LogP contribution >= 0.6 is 0 Å². The van der Waals surface area contributed by atoms with E-state index in [0.29, 0.717) is 31.4 Å². The minimum Gasteiger partial charge on any atom is -0.381 e. The molecule has 0 spiro atoms. The molecular formula is C19H29N3O6S. The van der Waals surface area contributed by atoms with E-state index < -0.39 is 14.9 Å². The second-order valence-corrected chi connectivity index (χ2v) is 9.85. The highest BCUT2D eigenvalue weighted by atomic mass is 32.2. The van der Waals surface area contributed by atoms with E-state index in [1.807, 2.05) is 0 Å². The van der Waals surface area contributed by atoms with Crippen LogP contribution in [-0.2, 0) is 19.5 Å². The zero-order valence-electron chi connectivity index (χ0n) is 16.9. The fraction of sp³-hybridized carbons (Fsp3) is 0.684. The van der Waals surface area contributed by atoms with Crippen molar-refractivity contribution in [2.24, 2.45) is 5.92 Å². The minimum atomic E-state index is -3.88. The zero-order chi connectivity index (χ0) is 21.0. The summed E-state index contributed by atoms with van der Waals surface area (Å²) in [6.07, 6.45) is 2.59. The van der Waals surface area contributed by atoms with Crippen LogP contribution in [-0.4, -0.2) is 62.7 Å². The molecule has 0 bridgehead atoms. The molecule has 1 N–H and O–H groups in total. The van der Waals surface area contributed by atoms with Crippen molar-refractivity contribution in [2.75, 3.05) is 38.2 Å². The molecule has 0 aromatic heterocycles. The molecule has 2 atom stereocenters. The van der Waals surface area contributed by atoms with Gasteiger partial charge in [-0.05, 0) is 31.2 Å². The Bertz CT molecular complexity index is 823. The van der Waals surface area contributed by atoms with Crippen LogP contribution in [0.1, 0.15) is 33.1 Å². The summed E-state index contributed by atoms with van der Waals surface area (Å²) in [6, 6.07) is 4.04. The summed E-state index contributed by atoms with van der Waals surface area (Å²) in [5.41, 5.74) is 0.157. The predicted molar refractivity (Wildman–Crippen MR) is 109 cm³/mol. The number of sulfonamides is 1. The summed E-state index contributed by atoms with van der Waals surface area (Å²) in [6.45, 7) is 5.99. The van der Waals surface area contributed by atoms with Crippen molar-refractivity contribution in [3.05, 3.63) is 28.3 Å². The number of ether oxygens (including phenoxy) is 2. The van der Waals surface area contributed by atoms with Crippen LogP contribution in [0, 0.1) is 16.0 Å². The second-order valence-electron chi connectivity index (χ2n) is 7.94. The smallest absolute Gasteiger partial charge is 0.270 e. The topological polar surface area (TPSA) is 111 Å². The number of benzene rings is 1. The summed E-state index contributed by atoms with van der Waals surface area (Å²) in [5.74, 6) is 0.510. The van der Waals surface area contributed by atoms with Crippen LogP contribution in [0.15, 0.2) is 23.1 Å². The maximum Gasteiger partial charge on any atom is 0.270 e. The third-order valence-electron chi connectivity index (χ3n) is 5.23. The van der Waals surface area contributed by atoms with Gasteiger partial charge >= 0.3 is 0 Å². The van der Waals surface area contributed by atoms with Crippen LogP contribution < -0.4 is 5.32 Å². The van der Waals surface area contributed by atoms with Crippen molar-refractivity contribution in [2.45, 2.75) is 50.2 Å². The van der Waals surface area contributed by atoms with Gasteiger partial charge in [0.2, 0.25) is 10.0 Å². The van der Waals surface area contributed by atoms with E-state index in [-0.39, 0.29) is 35.8 Å². The van der Waals surface area contributed by atoms with E-state index in [9.17, 15) is 18.5 Å². The lowest BCUT2D eigenvalue weighted by molar-refractivity contribution is -0.385. The molecule has 1 aromatic carbocycles. The Hall–Kier alpha value is -1.75. The summed E-state index contributed by atoms with van der Waals surface area (Å²) >= 11 is 0. The lowest BCUT2D eigenvalue weighted by Gasteiger charge is -2.32. The highest BCUT2D eigenvalue weighted by Crippen LogP contribution is 2.32. The number of nitro benzene ring substituents is 1. The highest BCUT2D eigenvalue weighted by Gasteiger charge is 2.32. The summed E-state index contributed by atoms with van der Waals surface area (Å²) in [5, 5.41) is 14.6. The molecule has 2 aliphatic rings. The third-order valence-corrected chi connectivity index (χ3v) is 7.16. The molecule has 29 heavy (non-hydrogen) atoms. The highest BCUT2D eigenvalue weighted by molar-refractivity contribution is 7.89. The van der Waals surface area contributed by atoms with E-state index in [0.717, 1.165) is 25.3 Å². The maximum atomic E-state index is 13.2. The first-order valence-electron chi connectivity index (χ1n) is 10.0. The lowest BCUT2D eigenvalue weighted by atomic mass is 9.96. The molecule has 0 saturated carbocycles. The molecule has 0 aliphatic carbocycles. The lowest BCUT2D eigenvalue weighted by Crippen LogP contribution is -2.41. The Morgan fingerprint density at radius 1 is 1.28 bits per heavy atom. The number of rotatable bonds is 7. The van der Waals surface area contributed by atoms with Gasteiger partial charge in [0.15, 0.2) is 0 Å². The summed E-state index contributed by atoms with van der Waals surface area (Å²) < 4.78 is 38.8. The van der Waals surface area contributed by atoms with Gasteiger partial charge in [0, 0.05) is 37.9 Å². The van der Waals surface area contributed by atoms with Crippen molar-refractivity contribution in [3.63, 3.8) is 0 Å². The maximum absolute atomic E-state index is 13.2. The van der Waals surface area contributed by atoms with Gasteiger partial charge in [0.05, 0.1) is 29.9 Å². The van der Waals surface area contributed by atoms with Gasteiger partial charge in [-0.2, -0.15) is 4.31 Å². The van der Waals surface area contributed by atoms with Gasteiger partial charge < -0.3 is 14.8 Å². The standard InChI is InChI=1S/C19H29N3O6S/c1-14(2)11-17-12-15(5-8-28-17)20-18-4-3-16(22(23)24)13-19(18)29(25,26)21-6-9-27-10-7-21/h3-4,13-15,17,20H,5-12H2,1-2H3/t15-,17-/m1/s1. The molecular weight excluding hydrogens is 398 g/mol. The van der Waals surface area contributed by atoms with Gasteiger partial charge in [-0.25, -0.2) is 8.42 Å². The fourth-order valence-corrected chi connectivity index (χ4v) is 5.39. The van der Waals surface area contributed by atoms with Gasteiger partial charge in [0.1, 0.15) is 4.90 Å². The Kier molecular flexibility index (Phi) is 7.10. The SMILES string of the molecule is CC(C)C[C@@H]1C[C@H](Nc2ccc([N+](=O)[O-])cc2S(=O)(=O)N2CCOCC2)CCO1. The van der Waals surface area contributed by atoms with E-state index in [2.05, 4.69) is 19.2 Å². The molecule has 2 aliphatic heterocycles. The molecule has 1 aromatic rings. The van der Waals surface area contributed by atoms with Gasteiger partial charge in [-0.3, -0.25) is 10.1 Å². The largest absolute Gasteiger partial charge is 0.381 e. The molecule has 162 valence electrons. The number of non-ortho nitro benzene ring substituents is 1. The average molecular weight is 428 g/mol. The second kappa shape index (κ2) is 9.38. The van der Waals surface area contributed by atoms with Gasteiger partial charge in [-0.1, -0.05) is 13.8 Å². The molecule has 2 fully saturated rings. The van der Waals surface area contributed by atoms with Crippen LogP contribution in [0.5, 0.6) is 0 Å². The molecule has 3 rings (SSSR count). The van der Waals surface area contributed by atoms with Crippen LogP contribution in [0.2, 0.25) is 0 Å². The minimum absolute atomic E-state index is 0.0487. The number of nitrogens with one attached hydrogen (secondary N) is 1. The van der Waals surface area contributed by atoms with Crippen molar-refractivity contribution in [1.29, 1.82) is 0 Å². The Balaban J connectivity index is 1.87. The van der Waals surface area contributed by atoms with Crippen LogP contribution in [0.25, 0.3) is 0 Å². The number of morpholine rings is 1.